The van der Waals surface area contributed by atoms with Crippen LogP contribution in [0.4, 0.5) is 5.69 Å². The molecular weight excluding hydrogens is 350 g/mol. The van der Waals surface area contributed by atoms with E-state index in [1.165, 1.54) is 5.56 Å². The Bertz CT molecular complexity index is 844. The molecule has 2 aromatic rings. The molecule has 0 unspecified atom stereocenters. The molecule has 4 rings (SSSR count). The summed E-state index contributed by atoms with van der Waals surface area (Å²) in [4.78, 5) is 29.6. The van der Waals surface area contributed by atoms with E-state index in [0.717, 1.165) is 44.6 Å². The summed E-state index contributed by atoms with van der Waals surface area (Å²) in [6.07, 6.45) is 2.67. The van der Waals surface area contributed by atoms with Gasteiger partial charge < -0.3 is 10.2 Å². The summed E-state index contributed by atoms with van der Waals surface area (Å²) >= 11 is 0. The van der Waals surface area contributed by atoms with Gasteiger partial charge in [0, 0.05) is 36.9 Å². The molecule has 1 saturated heterocycles. The predicted octanol–water partition coefficient (Wildman–Crippen LogP) is 2.86. The molecule has 2 aliphatic rings. The monoisotopic (exact) mass is 377 g/mol. The summed E-state index contributed by atoms with van der Waals surface area (Å²) in [6.45, 7) is 4.42. The van der Waals surface area contributed by atoms with Gasteiger partial charge in [0.1, 0.15) is 0 Å². The summed E-state index contributed by atoms with van der Waals surface area (Å²) in [5.74, 6) is 0.161. The predicted molar refractivity (Wildman–Crippen MR) is 110 cm³/mol. The smallest absolute Gasteiger partial charge is 0.251 e. The van der Waals surface area contributed by atoms with E-state index < -0.39 is 0 Å². The van der Waals surface area contributed by atoms with E-state index in [9.17, 15) is 9.59 Å². The van der Waals surface area contributed by atoms with Crippen molar-refractivity contribution in [3.8, 4) is 0 Å². The molecule has 2 heterocycles. The number of rotatable bonds is 4. The molecule has 0 saturated carbocycles. The van der Waals surface area contributed by atoms with Crippen LogP contribution in [0.15, 0.2) is 54.6 Å². The third-order valence-electron chi connectivity index (χ3n) is 5.96. The van der Waals surface area contributed by atoms with Gasteiger partial charge in [-0.2, -0.15) is 0 Å². The number of nitrogens with one attached hydrogen (secondary N) is 1. The second kappa shape index (κ2) is 8.15. The lowest BCUT2D eigenvalue weighted by atomic mass is 10.0. The molecule has 0 radical (unpaired) electrons. The quantitative estimate of drug-likeness (QED) is 0.891. The lowest BCUT2D eigenvalue weighted by Gasteiger charge is -2.37. The highest BCUT2D eigenvalue weighted by Crippen LogP contribution is 2.29. The normalized spacial score (nSPS) is 18.5. The summed E-state index contributed by atoms with van der Waals surface area (Å²) in [5.41, 5.74) is 3.01. The Labute approximate surface area is 166 Å². The van der Waals surface area contributed by atoms with E-state index in [1.807, 2.05) is 60.4 Å². The van der Waals surface area contributed by atoms with Gasteiger partial charge in [-0.15, -0.1) is 0 Å². The first-order chi connectivity index (χ1) is 13.6. The lowest BCUT2D eigenvalue weighted by molar-refractivity contribution is -0.123. The Morgan fingerprint density at radius 1 is 0.964 bits per heavy atom. The van der Waals surface area contributed by atoms with E-state index in [-0.39, 0.29) is 23.9 Å². The van der Waals surface area contributed by atoms with Gasteiger partial charge in [0.2, 0.25) is 5.91 Å². The lowest BCUT2D eigenvalue weighted by Crippen LogP contribution is -2.52. The second-order valence-corrected chi connectivity index (χ2v) is 7.69. The Morgan fingerprint density at radius 2 is 1.64 bits per heavy atom. The number of para-hydroxylation sites is 1. The molecule has 146 valence electrons. The summed E-state index contributed by atoms with van der Waals surface area (Å²) in [5, 5.41) is 3.13. The van der Waals surface area contributed by atoms with Crippen LogP contribution in [0.25, 0.3) is 0 Å². The van der Waals surface area contributed by atoms with Gasteiger partial charge in [0.25, 0.3) is 5.91 Å². The van der Waals surface area contributed by atoms with Crippen LogP contribution in [0.3, 0.4) is 0 Å². The van der Waals surface area contributed by atoms with Gasteiger partial charge in [-0.1, -0.05) is 36.4 Å². The third kappa shape index (κ3) is 3.80. The zero-order valence-corrected chi connectivity index (χ0v) is 16.3. The molecule has 2 aliphatic heterocycles. The minimum absolute atomic E-state index is 0.0168. The van der Waals surface area contributed by atoms with Crippen LogP contribution >= 0.6 is 0 Å². The third-order valence-corrected chi connectivity index (χ3v) is 5.96. The van der Waals surface area contributed by atoms with Crippen LogP contribution in [0.5, 0.6) is 0 Å². The number of likely N-dealkylation sites (tertiary alicyclic amines) is 1. The number of anilines is 1. The molecule has 5 heteroatoms. The van der Waals surface area contributed by atoms with E-state index >= 15 is 0 Å². The van der Waals surface area contributed by atoms with Crippen molar-refractivity contribution in [3.63, 3.8) is 0 Å². The van der Waals surface area contributed by atoms with Gasteiger partial charge >= 0.3 is 0 Å². The topological polar surface area (TPSA) is 52.7 Å². The highest BCUT2D eigenvalue weighted by Gasteiger charge is 2.32. The van der Waals surface area contributed by atoms with Crippen LogP contribution < -0.4 is 10.2 Å². The zero-order chi connectivity index (χ0) is 19.5. The second-order valence-electron chi connectivity index (χ2n) is 7.69. The molecule has 0 aromatic heterocycles. The van der Waals surface area contributed by atoms with Crippen molar-refractivity contribution in [3.05, 3.63) is 65.7 Å². The van der Waals surface area contributed by atoms with Crippen LogP contribution in [0.2, 0.25) is 0 Å². The average Bonchev–Trinajstić information content (AvgIpc) is 3.18. The van der Waals surface area contributed by atoms with E-state index in [1.54, 1.807) is 0 Å². The van der Waals surface area contributed by atoms with E-state index in [0.29, 0.717) is 5.56 Å². The molecular formula is C23H27N3O2. The fourth-order valence-corrected chi connectivity index (χ4v) is 4.24. The maximum Gasteiger partial charge on any atom is 0.251 e. The molecule has 28 heavy (non-hydrogen) atoms. The number of carbonyl (C=O) groups excluding carboxylic acids is 2. The van der Waals surface area contributed by atoms with Gasteiger partial charge in [0.05, 0.1) is 6.04 Å². The van der Waals surface area contributed by atoms with Crippen molar-refractivity contribution in [2.24, 2.45) is 0 Å². The van der Waals surface area contributed by atoms with Crippen molar-refractivity contribution in [1.82, 2.24) is 10.2 Å². The van der Waals surface area contributed by atoms with Crippen LogP contribution in [-0.2, 0) is 11.2 Å². The molecule has 0 spiro atoms. The van der Waals surface area contributed by atoms with Crippen LogP contribution in [0, 0.1) is 0 Å². The molecule has 0 bridgehead atoms. The molecule has 1 fully saturated rings. The molecule has 1 atom stereocenters. The maximum atomic E-state index is 13.1. The van der Waals surface area contributed by atoms with Crippen molar-refractivity contribution in [2.45, 2.75) is 38.3 Å². The first-order valence-electron chi connectivity index (χ1n) is 10.1. The number of carbonyl (C=O) groups is 2. The minimum Gasteiger partial charge on any atom is -0.349 e. The highest BCUT2D eigenvalue weighted by molar-refractivity contribution is 5.98. The van der Waals surface area contributed by atoms with E-state index in [4.69, 9.17) is 0 Å². The first-order valence-corrected chi connectivity index (χ1v) is 10.1. The molecule has 2 aromatic carbocycles. The Hall–Kier alpha value is -2.66. The Balaban J connectivity index is 1.31. The number of hydrogen-bond donors (Lipinski definition) is 1. The van der Waals surface area contributed by atoms with Crippen molar-refractivity contribution in [2.75, 3.05) is 24.5 Å². The molecule has 2 amide bonds. The zero-order valence-electron chi connectivity index (χ0n) is 16.3. The van der Waals surface area contributed by atoms with Crippen molar-refractivity contribution < 1.29 is 9.59 Å². The van der Waals surface area contributed by atoms with Gasteiger partial charge in [0.15, 0.2) is 0 Å². The first kappa shape index (κ1) is 18.7. The summed E-state index contributed by atoms with van der Waals surface area (Å²) < 4.78 is 0. The number of hydrogen-bond acceptors (Lipinski definition) is 3. The van der Waals surface area contributed by atoms with Gasteiger partial charge in [-0.05, 0) is 49.9 Å². The number of fused-ring (bicyclic) bond motifs is 1. The maximum absolute atomic E-state index is 13.1. The standard InChI is InChI=1S/C23H27N3O2/c1-17(23(28)26-16-11-18-7-5-6-10-21(18)26)25-14-12-20(13-15-25)24-22(27)19-8-3-2-4-9-19/h2-10,17,20H,11-16H2,1H3,(H,24,27)/t17-/m0/s1. The SMILES string of the molecule is C[C@@H](C(=O)N1CCc2ccccc21)N1CCC(NC(=O)c2ccccc2)CC1. The van der Waals surface area contributed by atoms with E-state index in [2.05, 4.69) is 16.3 Å². The Morgan fingerprint density at radius 3 is 2.39 bits per heavy atom. The molecule has 0 aliphatic carbocycles. The summed E-state index contributed by atoms with van der Waals surface area (Å²) in [6, 6.07) is 17.5. The number of piperidine rings is 1. The highest BCUT2D eigenvalue weighted by atomic mass is 16.2. The van der Waals surface area contributed by atoms with Gasteiger partial charge in [-0.3, -0.25) is 14.5 Å². The number of benzene rings is 2. The van der Waals surface area contributed by atoms with Gasteiger partial charge in [-0.25, -0.2) is 0 Å². The molecule has 1 N–H and O–H groups in total. The fraction of sp³-hybridized carbons (Fsp3) is 0.391. The van der Waals surface area contributed by atoms with Crippen LogP contribution in [-0.4, -0.2) is 48.4 Å². The van der Waals surface area contributed by atoms with Crippen molar-refractivity contribution >= 4 is 17.5 Å². The van der Waals surface area contributed by atoms with Crippen LogP contribution in [0.1, 0.15) is 35.7 Å². The fourth-order valence-electron chi connectivity index (χ4n) is 4.24. The number of amides is 2. The summed E-state index contributed by atoms with van der Waals surface area (Å²) in [7, 11) is 0. The largest absolute Gasteiger partial charge is 0.349 e. The average molecular weight is 377 g/mol. The molecule has 5 nitrogen and oxygen atoms in total. The Kier molecular flexibility index (Phi) is 5.44. The number of nitrogens with zero attached hydrogens (tertiary/aromatic N) is 2. The van der Waals surface area contributed by atoms with Crippen molar-refractivity contribution in [1.29, 1.82) is 0 Å². The minimum atomic E-state index is -0.142.